The van der Waals surface area contributed by atoms with Gasteiger partial charge in [0, 0.05) is 5.56 Å². The number of aromatic amines is 1. The third kappa shape index (κ3) is 2.07. The maximum Gasteiger partial charge on any atom is 0.238 e. The molecule has 0 amide bonds. The van der Waals surface area contributed by atoms with E-state index in [1.165, 1.54) is 4.68 Å². The van der Waals surface area contributed by atoms with Crippen molar-refractivity contribution < 1.29 is 8.78 Å². The first-order valence-electron chi connectivity index (χ1n) is 4.08. The Morgan fingerprint density at radius 3 is 2.87 bits per heavy atom. The van der Waals surface area contributed by atoms with Gasteiger partial charge in [0.05, 0.1) is 6.54 Å². The summed E-state index contributed by atoms with van der Waals surface area (Å²) in [5.74, 6) is -0.988. The van der Waals surface area contributed by atoms with E-state index < -0.39 is 11.6 Å². The Kier molecular flexibility index (Phi) is 2.55. The van der Waals surface area contributed by atoms with E-state index in [4.69, 9.17) is 12.2 Å². The van der Waals surface area contributed by atoms with Crippen molar-refractivity contribution in [2.75, 3.05) is 0 Å². The van der Waals surface area contributed by atoms with Gasteiger partial charge in [-0.05, 0) is 30.4 Å². The number of H-pyrrole nitrogens is 1. The second kappa shape index (κ2) is 3.85. The second-order valence-corrected chi connectivity index (χ2v) is 3.27. The number of aromatic nitrogens is 4. The number of rotatable bonds is 2. The lowest BCUT2D eigenvalue weighted by Gasteiger charge is -2.02. The van der Waals surface area contributed by atoms with Crippen molar-refractivity contribution in [1.29, 1.82) is 0 Å². The molecule has 0 fully saturated rings. The molecule has 0 saturated heterocycles. The van der Waals surface area contributed by atoms with Gasteiger partial charge >= 0.3 is 0 Å². The summed E-state index contributed by atoms with van der Waals surface area (Å²) in [6.45, 7) is 0.0788. The molecular formula is C8H6F2N4S. The Morgan fingerprint density at radius 1 is 1.40 bits per heavy atom. The molecule has 1 N–H and O–H groups in total. The standard InChI is InChI=1S/C8H6F2N4S/c9-6-1-2-7(10)5(3-6)4-14-8(15)11-12-13-14/h1-3H,4H2,(H,11,13,15). The largest absolute Gasteiger partial charge is 0.238 e. The molecule has 1 aromatic heterocycles. The van der Waals surface area contributed by atoms with E-state index in [1.807, 2.05) is 0 Å². The number of nitrogens with zero attached hydrogens (tertiary/aromatic N) is 3. The van der Waals surface area contributed by atoms with Gasteiger partial charge in [0.15, 0.2) is 0 Å². The number of benzene rings is 1. The molecule has 0 unspecified atom stereocenters. The zero-order valence-electron chi connectivity index (χ0n) is 7.44. The van der Waals surface area contributed by atoms with Crippen LogP contribution in [-0.2, 0) is 6.54 Å². The summed E-state index contributed by atoms with van der Waals surface area (Å²) < 4.78 is 27.6. The molecule has 0 atom stereocenters. The van der Waals surface area contributed by atoms with Gasteiger partial charge in [0.25, 0.3) is 0 Å². The highest BCUT2D eigenvalue weighted by Gasteiger charge is 2.05. The first kappa shape index (κ1) is 9.91. The summed E-state index contributed by atoms with van der Waals surface area (Å²) in [5.41, 5.74) is 0.192. The molecule has 2 rings (SSSR count). The van der Waals surface area contributed by atoms with Crippen LogP contribution in [0.3, 0.4) is 0 Å². The zero-order chi connectivity index (χ0) is 10.8. The van der Waals surface area contributed by atoms with Crippen molar-refractivity contribution in [3.05, 3.63) is 40.2 Å². The van der Waals surface area contributed by atoms with Crippen molar-refractivity contribution in [3.63, 3.8) is 0 Å². The van der Waals surface area contributed by atoms with E-state index in [0.717, 1.165) is 18.2 Å². The summed E-state index contributed by atoms with van der Waals surface area (Å²) in [6.07, 6.45) is 0. The maximum absolute atomic E-state index is 13.2. The van der Waals surface area contributed by atoms with Gasteiger partial charge in [-0.15, -0.1) is 0 Å². The molecule has 2 aromatic rings. The van der Waals surface area contributed by atoms with E-state index in [-0.39, 0.29) is 16.9 Å². The van der Waals surface area contributed by atoms with E-state index in [9.17, 15) is 8.78 Å². The average molecular weight is 228 g/mol. The SMILES string of the molecule is Fc1ccc(F)c(Cn2[nH]nnc2=S)c1. The Morgan fingerprint density at radius 2 is 2.20 bits per heavy atom. The Balaban J connectivity index is 2.36. The van der Waals surface area contributed by atoms with E-state index >= 15 is 0 Å². The number of tetrazole rings is 1. The van der Waals surface area contributed by atoms with E-state index in [2.05, 4.69) is 15.5 Å². The van der Waals surface area contributed by atoms with Crippen molar-refractivity contribution in [2.45, 2.75) is 6.54 Å². The van der Waals surface area contributed by atoms with Crippen LogP contribution in [-0.4, -0.2) is 20.2 Å². The molecule has 0 radical (unpaired) electrons. The second-order valence-electron chi connectivity index (χ2n) is 2.90. The lowest BCUT2D eigenvalue weighted by molar-refractivity contribution is 0.559. The predicted molar refractivity (Wildman–Crippen MR) is 50.7 cm³/mol. The summed E-state index contributed by atoms with van der Waals surface area (Å²) in [4.78, 5) is 0. The Hall–Kier alpha value is -1.63. The van der Waals surface area contributed by atoms with Crippen LogP contribution in [0.4, 0.5) is 8.78 Å². The van der Waals surface area contributed by atoms with Gasteiger partial charge in [0.1, 0.15) is 11.6 Å². The van der Waals surface area contributed by atoms with Gasteiger partial charge in [0.2, 0.25) is 4.77 Å². The number of hydrogen-bond acceptors (Lipinski definition) is 3. The van der Waals surface area contributed by atoms with Gasteiger partial charge in [-0.1, -0.05) is 10.3 Å². The lowest BCUT2D eigenvalue weighted by atomic mass is 10.2. The normalized spacial score (nSPS) is 10.5. The Labute approximate surface area is 88.5 Å². The highest BCUT2D eigenvalue weighted by Crippen LogP contribution is 2.10. The smallest absolute Gasteiger partial charge is 0.238 e. The summed E-state index contributed by atoms with van der Waals surface area (Å²) in [5, 5.41) is 9.42. The summed E-state index contributed by atoms with van der Waals surface area (Å²) >= 11 is 4.80. The first-order valence-corrected chi connectivity index (χ1v) is 4.49. The van der Waals surface area contributed by atoms with Crippen LogP contribution < -0.4 is 0 Å². The molecule has 4 nitrogen and oxygen atoms in total. The maximum atomic E-state index is 13.2. The highest BCUT2D eigenvalue weighted by molar-refractivity contribution is 7.71. The summed E-state index contributed by atoms with van der Waals surface area (Å²) in [7, 11) is 0. The van der Waals surface area contributed by atoms with E-state index in [0.29, 0.717) is 0 Å². The lowest BCUT2D eigenvalue weighted by Crippen LogP contribution is -2.04. The molecule has 1 aromatic carbocycles. The molecule has 1 heterocycles. The third-order valence-electron chi connectivity index (χ3n) is 1.87. The molecule has 0 aliphatic rings. The molecule has 0 saturated carbocycles. The van der Waals surface area contributed by atoms with Crippen molar-refractivity contribution in [2.24, 2.45) is 0 Å². The molecule has 0 spiro atoms. The van der Waals surface area contributed by atoms with Crippen molar-refractivity contribution in [1.82, 2.24) is 20.2 Å². The fourth-order valence-electron chi connectivity index (χ4n) is 1.15. The fourth-order valence-corrected chi connectivity index (χ4v) is 1.30. The molecule has 15 heavy (non-hydrogen) atoms. The van der Waals surface area contributed by atoms with E-state index in [1.54, 1.807) is 0 Å². The molecule has 7 heteroatoms. The van der Waals surface area contributed by atoms with Crippen LogP contribution in [0.15, 0.2) is 18.2 Å². The first-order chi connectivity index (χ1) is 7.16. The van der Waals surface area contributed by atoms with Crippen molar-refractivity contribution >= 4 is 12.2 Å². The molecule has 0 aliphatic heterocycles. The zero-order valence-corrected chi connectivity index (χ0v) is 8.26. The minimum absolute atomic E-state index is 0.0788. The molecule has 0 aliphatic carbocycles. The van der Waals surface area contributed by atoms with Gasteiger partial charge in [-0.3, -0.25) is 0 Å². The average Bonchev–Trinajstić information content (AvgIpc) is 2.58. The molecular weight excluding hydrogens is 222 g/mol. The van der Waals surface area contributed by atoms with Crippen LogP contribution in [0.2, 0.25) is 0 Å². The number of halogens is 2. The third-order valence-corrected chi connectivity index (χ3v) is 2.17. The number of nitrogens with one attached hydrogen (secondary N) is 1. The predicted octanol–water partition coefficient (Wildman–Crippen LogP) is 1.66. The minimum Gasteiger partial charge on any atom is -0.238 e. The van der Waals surface area contributed by atoms with Crippen LogP contribution in [0.25, 0.3) is 0 Å². The molecule has 78 valence electrons. The highest BCUT2D eigenvalue weighted by atomic mass is 32.1. The summed E-state index contributed by atoms with van der Waals surface area (Å²) in [6, 6.07) is 3.24. The van der Waals surface area contributed by atoms with Gasteiger partial charge in [-0.25, -0.2) is 13.5 Å². The molecule has 0 bridgehead atoms. The fraction of sp³-hybridized carbons (Fsp3) is 0.125. The van der Waals surface area contributed by atoms with Gasteiger partial charge < -0.3 is 0 Å². The number of hydrogen-bond donors (Lipinski definition) is 1. The van der Waals surface area contributed by atoms with Crippen molar-refractivity contribution in [3.8, 4) is 0 Å². The quantitative estimate of drug-likeness (QED) is 0.795. The van der Waals surface area contributed by atoms with Crippen LogP contribution in [0.5, 0.6) is 0 Å². The monoisotopic (exact) mass is 228 g/mol. The van der Waals surface area contributed by atoms with Crippen LogP contribution in [0, 0.1) is 16.4 Å². The minimum atomic E-state index is -0.495. The van der Waals surface area contributed by atoms with Gasteiger partial charge in [-0.2, -0.15) is 5.21 Å². The Bertz CT molecular complexity index is 533. The van der Waals surface area contributed by atoms with Crippen LogP contribution in [0.1, 0.15) is 5.56 Å². The topological polar surface area (TPSA) is 46.5 Å². The van der Waals surface area contributed by atoms with Crippen LogP contribution >= 0.6 is 12.2 Å².